The minimum atomic E-state index is -0.717. The van der Waals surface area contributed by atoms with Crippen molar-refractivity contribution in [2.75, 3.05) is 13.7 Å². The third-order valence-corrected chi connectivity index (χ3v) is 3.72. The van der Waals surface area contributed by atoms with Crippen LogP contribution in [-0.2, 0) is 14.3 Å². The molecule has 3 amide bonds. The van der Waals surface area contributed by atoms with Gasteiger partial charge in [-0.15, -0.1) is 0 Å². The lowest BCUT2D eigenvalue weighted by molar-refractivity contribution is -0.143. The van der Waals surface area contributed by atoms with E-state index >= 15 is 0 Å². The van der Waals surface area contributed by atoms with Crippen LogP contribution in [0.1, 0.15) is 5.56 Å². The van der Waals surface area contributed by atoms with Crippen LogP contribution < -0.4 is 5.32 Å². The zero-order valence-electron chi connectivity index (χ0n) is 11.2. The Hall–Kier alpha value is -2.06. The van der Waals surface area contributed by atoms with Gasteiger partial charge in [-0.2, -0.15) is 0 Å². The number of amides is 3. The van der Waals surface area contributed by atoms with Gasteiger partial charge in [0.1, 0.15) is 18.0 Å². The number of rotatable bonds is 3. The van der Waals surface area contributed by atoms with Crippen molar-refractivity contribution < 1.29 is 24.2 Å². The number of carbonyl (C=O) groups is 3. The molecule has 0 bridgehead atoms. The molecule has 0 atom stereocenters. The Morgan fingerprint density at radius 3 is 2.77 bits per heavy atom. The number of aromatic hydroxyl groups is 1. The number of ether oxygens (including phenoxy) is 1. The first kappa shape index (κ1) is 16.3. The second-order valence-electron chi connectivity index (χ2n) is 4.29. The molecule has 116 valence electrons. The molecule has 1 heterocycles. The van der Waals surface area contributed by atoms with Crippen LogP contribution in [-0.4, -0.2) is 41.6 Å². The Morgan fingerprint density at radius 2 is 2.18 bits per heavy atom. The molecule has 1 aliphatic rings. The normalized spacial score (nSPS) is 16.1. The van der Waals surface area contributed by atoms with E-state index < -0.39 is 24.5 Å². The van der Waals surface area contributed by atoms with E-state index in [0.29, 0.717) is 10.0 Å². The lowest BCUT2D eigenvalue weighted by Crippen LogP contribution is -2.36. The molecule has 22 heavy (non-hydrogen) atoms. The largest absolute Gasteiger partial charge is 0.505 e. The standard InChI is InChI=1S/C13H10BrClN2O5/c1-22-10(18)5-17-12(20)9(16-13(17)21)4-6-2-7(14)11(19)8(15)3-6/h2-4,19H,5H2,1H3,(H,16,21)/b9-4+. The van der Waals surface area contributed by atoms with Gasteiger partial charge in [-0.1, -0.05) is 11.6 Å². The molecule has 1 aromatic carbocycles. The van der Waals surface area contributed by atoms with Gasteiger partial charge < -0.3 is 15.2 Å². The van der Waals surface area contributed by atoms with Gasteiger partial charge in [0.15, 0.2) is 0 Å². The SMILES string of the molecule is COC(=O)CN1C(=O)N/C(=C/c2cc(Cl)c(O)c(Br)c2)C1=O. The summed E-state index contributed by atoms with van der Waals surface area (Å²) in [6.45, 7) is -0.474. The number of nitrogens with zero attached hydrogens (tertiary/aromatic N) is 1. The maximum absolute atomic E-state index is 12.1. The molecule has 2 rings (SSSR count). The summed E-state index contributed by atoms with van der Waals surface area (Å²) in [4.78, 5) is 35.7. The summed E-state index contributed by atoms with van der Waals surface area (Å²) in [6.07, 6.45) is 1.38. The number of nitrogens with one attached hydrogen (secondary N) is 1. The number of carbonyl (C=O) groups excluding carboxylic acids is 3. The average molecular weight is 390 g/mol. The average Bonchev–Trinajstić information content (AvgIpc) is 2.72. The Balaban J connectivity index is 2.28. The Bertz CT molecular complexity index is 681. The zero-order valence-corrected chi connectivity index (χ0v) is 13.6. The third-order valence-electron chi connectivity index (χ3n) is 2.83. The van der Waals surface area contributed by atoms with Crippen molar-refractivity contribution in [2.24, 2.45) is 0 Å². The number of phenols is 1. The summed E-state index contributed by atoms with van der Waals surface area (Å²) in [5.74, 6) is -1.49. The fourth-order valence-electron chi connectivity index (χ4n) is 1.74. The molecule has 0 unspecified atom stereocenters. The molecule has 9 heteroatoms. The highest BCUT2D eigenvalue weighted by Gasteiger charge is 2.35. The number of methoxy groups -OCH3 is 1. The van der Waals surface area contributed by atoms with Crippen molar-refractivity contribution in [3.63, 3.8) is 0 Å². The zero-order chi connectivity index (χ0) is 16.4. The van der Waals surface area contributed by atoms with Crippen molar-refractivity contribution in [3.8, 4) is 5.75 Å². The van der Waals surface area contributed by atoms with Gasteiger partial charge in [0, 0.05) is 0 Å². The van der Waals surface area contributed by atoms with Gasteiger partial charge in [0.05, 0.1) is 16.6 Å². The van der Waals surface area contributed by atoms with Gasteiger partial charge in [0.25, 0.3) is 5.91 Å². The Labute approximate surface area is 138 Å². The van der Waals surface area contributed by atoms with Crippen LogP contribution in [0, 0.1) is 0 Å². The van der Waals surface area contributed by atoms with Crippen molar-refractivity contribution in [1.29, 1.82) is 0 Å². The summed E-state index contributed by atoms with van der Waals surface area (Å²) < 4.78 is 4.77. The monoisotopic (exact) mass is 388 g/mol. The topological polar surface area (TPSA) is 95.9 Å². The van der Waals surface area contributed by atoms with Crippen LogP contribution in [0.15, 0.2) is 22.3 Å². The van der Waals surface area contributed by atoms with E-state index in [0.717, 1.165) is 12.0 Å². The molecular formula is C13H10BrClN2O5. The fourth-order valence-corrected chi connectivity index (χ4v) is 2.56. The van der Waals surface area contributed by atoms with Crippen molar-refractivity contribution in [3.05, 3.63) is 32.9 Å². The number of phenolic OH excluding ortho intramolecular Hbond substituents is 1. The van der Waals surface area contributed by atoms with Gasteiger partial charge >= 0.3 is 12.0 Å². The lowest BCUT2D eigenvalue weighted by atomic mass is 10.2. The third kappa shape index (κ3) is 3.23. The van der Waals surface area contributed by atoms with Crippen molar-refractivity contribution in [2.45, 2.75) is 0 Å². The minimum absolute atomic E-state index is 0.0115. The smallest absolute Gasteiger partial charge is 0.329 e. The second kappa shape index (κ2) is 6.37. The quantitative estimate of drug-likeness (QED) is 0.467. The molecule has 1 aliphatic heterocycles. The first-order chi connectivity index (χ1) is 10.3. The van der Waals surface area contributed by atoms with E-state index in [1.807, 2.05) is 0 Å². The first-order valence-corrected chi connectivity index (χ1v) is 7.10. The number of hydrogen-bond acceptors (Lipinski definition) is 5. The number of hydrogen-bond donors (Lipinski definition) is 2. The predicted octanol–water partition coefficient (Wildman–Crippen LogP) is 1.87. The van der Waals surface area contributed by atoms with Gasteiger partial charge in [-0.05, 0) is 39.7 Å². The number of halogens is 2. The maximum Gasteiger partial charge on any atom is 0.329 e. The summed E-state index contributed by atoms with van der Waals surface area (Å²) in [5.41, 5.74) is 0.473. The molecular weight excluding hydrogens is 380 g/mol. The molecule has 0 aliphatic carbocycles. The lowest BCUT2D eigenvalue weighted by Gasteiger charge is -2.09. The van der Waals surface area contributed by atoms with Crippen molar-refractivity contribution >= 4 is 51.5 Å². The maximum atomic E-state index is 12.1. The number of esters is 1. The van der Waals surface area contributed by atoms with E-state index in [9.17, 15) is 19.5 Å². The van der Waals surface area contributed by atoms with E-state index in [1.165, 1.54) is 18.2 Å². The number of urea groups is 1. The number of benzene rings is 1. The summed E-state index contributed by atoms with van der Waals surface area (Å²) in [7, 11) is 1.16. The van der Waals surface area contributed by atoms with Crippen molar-refractivity contribution in [1.82, 2.24) is 10.2 Å². The molecule has 2 N–H and O–H groups in total. The highest BCUT2D eigenvalue weighted by Crippen LogP contribution is 2.33. The Kier molecular flexibility index (Phi) is 4.72. The summed E-state index contributed by atoms with van der Waals surface area (Å²) in [6, 6.07) is 2.24. The van der Waals surface area contributed by atoms with E-state index in [1.54, 1.807) is 0 Å². The van der Waals surface area contributed by atoms with Gasteiger partial charge in [-0.25, -0.2) is 9.69 Å². The molecule has 0 spiro atoms. The van der Waals surface area contributed by atoms with Crippen LogP contribution in [0.5, 0.6) is 5.75 Å². The highest BCUT2D eigenvalue weighted by molar-refractivity contribution is 9.10. The molecule has 1 aromatic rings. The minimum Gasteiger partial charge on any atom is -0.505 e. The Morgan fingerprint density at radius 1 is 1.50 bits per heavy atom. The highest BCUT2D eigenvalue weighted by atomic mass is 79.9. The molecule has 0 saturated carbocycles. The molecule has 1 fully saturated rings. The summed E-state index contributed by atoms with van der Waals surface area (Å²) >= 11 is 8.95. The van der Waals surface area contributed by atoms with Crippen LogP contribution in [0.4, 0.5) is 4.79 Å². The fraction of sp³-hybridized carbons (Fsp3) is 0.154. The van der Waals surface area contributed by atoms with Gasteiger partial charge in [0.2, 0.25) is 0 Å². The summed E-state index contributed by atoms with van der Waals surface area (Å²) in [5, 5.41) is 12.0. The van der Waals surface area contributed by atoms with E-state index in [-0.39, 0.29) is 16.5 Å². The van der Waals surface area contributed by atoms with Crippen LogP contribution in [0.25, 0.3) is 6.08 Å². The molecule has 1 saturated heterocycles. The van der Waals surface area contributed by atoms with Crippen LogP contribution in [0.3, 0.4) is 0 Å². The molecule has 7 nitrogen and oxygen atoms in total. The van der Waals surface area contributed by atoms with E-state index in [2.05, 4.69) is 26.0 Å². The second-order valence-corrected chi connectivity index (χ2v) is 5.55. The van der Waals surface area contributed by atoms with E-state index in [4.69, 9.17) is 11.6 Å². The van der Waals surface area contributed by atoms with Crippen LogP contribution in [0.2, 0.25) is 5.02 Å². The molecule has 0 aromatic heterocycles. The number of imide groups is 1. The molecule has 0 radical (unpaired) electrons. The first-order valence-electron chi connectivity index (χ1n) is 5.93. The van der Waals surface area contributed by atoms with Gasteiger partial charge in [-0.3, -0.25) is 9.59 Å². The predicted molar refractivity (Wildman–Crippen MR) is 81.1 cm³/mol. The van der Waals surface area contributed by atoms with Crippen LogP contribution >= 0.6 is 27.5 Å².